The lowest BCUT2D eigenvalue weighted by Gasteiger charge is -2.21. The number of piperidine rings is 1. The van der Waals surface area contributed by atoms with Crippen molar-refractivity contribution < 1.29 is 9.53 Å². The fraction of sp³-hybridized carbons (Fsp3) is 0.462. The normalized spacial score (nSPS) is 20.4. The Morgan fingerprint density at radius 3 is 2.94 bits per heavy atom. The molecule has 0 amide bonds. The molecule has 0 aromatic heterocycles. The first-order chi connectivity index (χ1) is 7.77. The number of rotatable bonds is 2. The molecular formula is C13H17NO2. The molecule has 1 aromatic rings. The number of ether oxygens (including phenoxy) is 1. The fourth-order valence-corrected chi connectivity index (χ4v) is 1.92. The number of carbonyl (C=O) groups is 1. The fourth-order valence-electron chi connectivity index (χ4n) is 1.92. The molecule has 1 saturated heterocycles. The first-order valence-electron chi connectivity index (χ1n) is 5.75. The Morgan fingerprint density at radius 1 is 1.44 bits per heavy atom. The van der Waals surface area contributed by atoms with E-state index >= 15 is 0 Å². The molecule has 1 N–H and O–H groups in total. The highest BCUT2D eigenvalue weighted by atomic mass is 16.5. The SMILES string of the molecule is Cc1ccccc1OC(=O)C1CCCNC1. The number of benzene rings is 1. The smallest absolute Gasteiger partial charge is 0.315 e. The van der Waals surface area contributed by atoms with Crippen LogP contribution in [0.2, 0.25) is 0 Å². The molecule has 0 radical (unpaired) electrons. The molecule has 0 aliphatic carbocycles. The van der Waals surface area contributed by atoms with Gasteiger partial charge in [0, 0.05) is 6.54 Å². The number of esters is 1. The average Bonchev–Trinajstić information content (AvgIpc) is 2.33. The minimum atomic E-state index is -0.110. The lowest BCUT2D eigenvalue weighted by Crippen LogP contribution is -2.36. The zero-order valence-electron chi connectivity index (χ0n) is 9.53. The van der Waals surface area contributed by atoms with Crippen molar-refractivity contribution in [2.75, 3.05) is 13.1 Å². The third kappa shape index (κ3) is 2.61. The van der Waals surface area contributed by atoms with Crippen molar-refractivity contribution in [3.63, 3.8) is 0 Å². The van der Waals surface area contributed by atoms with Crippen LogP contribution in [0, 0.1) is 12.8 Å². The number of hydrogen-bond acceptors (Lipinski definition) is 3. The van der Waals surface area contributed by atoms with Crippen molar-refractivity contribution in [3.8, 4) is 5.75 Å². The summed E-state index contributed by atoms with van der Waals surface area (Å²) in [4.78, 5) is 11.9. The summed E-state index contributed by atoms with van der Waals surface area (Å²) < 4.78 is 5.41. The van der Waals surface area contributed by atoms with Gasteiger partial charge in [-0.05, 0) is 37.9 Å². The van der Waals surface area contributed by atoms with Gasteiger partial charge in [-0.15, -0.1) is 0 Å². The van der Waals surface area contributed by atoms with Gasteiger partial charge in [0.25, 0.3) is 0 Å². The number of carbonyl (C=O) groups excluding carboxylic acids is 1. The molecule has 0 spiro atoms. The lowest BCUT2D eigenvalue weighted by atomic mass is 10.00. The minimum Gasteiger partial charge on any atom is -0.426 e. The second-order valence-corrected chi connectivity index (χ2v) is 4.23. The van der Waals surface area contributed by atoms with Crippen molar-refractivity contribution in [1.82, 2.24) is 5.32 Å². The molecule has 2 rings (SSSR count). The van der Waals surface area contributed by atoms with Crippen LogP contribution >= 0.6 is 0 Å². The van der Waals surface area contributed by atoms with E-state index in [1.54, 1.807) is 0 Å². The Balaban J connectivity index is 1.99. The largest absolute Gasteiger partial charge is 0.426 e. The molecule has 0 saturated carbocycles. The Morgan fingerprint density at radius 2 is 2.25 bits per heavy atom. The number of nitrogens with one attached hydrogen (secondary N) is 1. The van der Waals surface area contributed by atoms with E-state index in [0.717, 1.165) is 31.5 Å². The molecule has 3 heteroatoms. The van der Waals surface area contributed by atoms with Crippen LogP contribution in [0.5, 0.6) is 5.75 Å². The summed E-state index contributed by atoms with van der Waals surface area (Å²) in [5.41, 5.74) is 1.000. The first-order valence-corrected chi connectivity index (χ1v) is 5.75. The highest BCUT2D eigenvalue weighted by Crippen LogP contribution is 2.19. The summed E-state index contributed by atoms with van der Waals surface area (Å²) in [7, 11) is 0. The highest BCUT2D eigenvalue weighted by molar-refractivity contribution is 5.75. The summed E-state index contributed by atoms with van der Waals surface area (Å²) in [5, 5.41) is 3.22. The Hall–Kier alpha value is -1.35. The second kappa shape index (κ2) is 5.12. The van der Waals surface area contributed by atoms with Crippen LogP contribution in [-0.2, 0) is 4.79 Å². The maximum Gasteiger partial charge on any atom is 0.315 e. The van der Waals surface area contributed by atoms with E-state index in [-0.39, 0.29) is 11.9 Å². The van der Waals surface area contributed by atoms with Gasteiger partial charge in [-0.1, -0.05) is 18.2 Å². The number of aryl methyl sites for hydroxylation is 1. The highest BCUT2D eigenvalue weighted by Gasteiger charge is 2.23. The van der Waals surface area contributed by atoms with Gasteiger partial charge in [-0.25, -0.2) is 0 Å². The van der Waals surface area contributed by atoms with E-state index in [0.29, 0.717) is 5.75 Å². The third-order valence-corrected chi connectivity index (χ3v) is 2.93. The van der Waals surface area contributed by atoms with Crippen LogP contribution in [0.4, 0.5) is 0 Å². The Labute approximate surface area is 95.8 Å². The van der Waals surface area contributed by atoms with E-state index in [2.05, 4.69) is 5.32 Å². The van der Waals surface area contributed by atoms with Crippen LogP contribution in [0.15, 0.2) is 24.3 Å². The molecule has 1 aliphatic rings. The molecule has 1 fully saturated rings. The van der Waals surface area contributed by atoms with Crippen LogP contribution in [0.3, 0.4) is 0 Å². The van der Waals surface area contributed by atoms with Gasteiger partial charge >= 0.3 is 5.97 Å². The summed E-state index contributed by atoms with van der Waals surface area (Å²) in [6.07, 6.45) is 1.98. The minimum absolute atomic E-state index is 0.00774. The predicted molar refractivity (Wildman–Crippen MR) is 62.4 cm³/mol. The van der Waals surface area contributed by atoms with Crippen LogP contribution in [0.25, 0.3) is 0 Å². The molecule has 1 atom stereocenters. The van der Waals surface area contributed by atoms with Crippen LogP contribution in [0.1, 0.15) is 18.4 Å². The molecule has 1 heterocycles. The van der Waals surface area contributed by atoms with Crippen molar-refractivity contribution in [2.45, 2.75) is 19.8 Å². The summed E-state index contributed by atoms with van der Waals surface area (Å²) in [5.74, 6) is 0.577. The molecule has 3 nitrogen and oxygen atoms in total. The standard InChI is InChI=1S/C13H17NO2/c1-10-5-2-3-7-12(10)16-13(15)11-6-4-8-14-9-11/h2-3,5,7,11,14H,4,6,8-9H2,1H3. The van der Waals surface area contributed by atoms with Crippen molar-refractivity contribution in [1.29, 1.82) is 0 Å². The van der Waals surface area contributed by atoms with E-state index in [1.807, 2.05) is 31.2 Å². The van der Waals surface area contributed by atoms with Gasteiger partial charge < -0.3 is 10.1 Å². The number of para-hydroxylation sites is 1. The molecule has 1 aliphatic heterocycles. The zero-order valence-corrected chi connectivity index (χ0v) is 9.53. The molecule has 0 bridgehead atoms. The van der Waals surface area contributed by atoms with E-state index in [1.165, 1.54) is 0 Å². The maximum absolute atomic E-state index is 11.9. The van der Waals surface area contributed by atoms with Gasteiger partial charge in [0.2, 0.25) is 0 Å². The zero-order chi connectivity index (χ0) is 11.4. The van der Waals surface area contributed by atoms with Crippen LogP contribution < -0.4 is 10.1 Å². The second-order valence-electron chi connectivity index (χ2n) is 4.23. The summed E-state index contributed by atoms with van der Waals surface area (Å²) in [6.45, 7) is 3.70. The maximum atomic E-state index is 11.9. The van der Waals surface area contributed by atoms with E-state index in [9.17, 15) is 4.79 Å². The molecular weight excluding hydrogens is 202 g/mol. The summed E-state index contributed by atoms with van der Waals surface area (Å²) in [6, 6.07) is 7.61. The topological polar surface area (TPSA) is 38.3 Å². The monoisotopic (exact) mass is 219 g/mol. The van der Waals surface area contributed by atoms with E-state index < -0.39 is 0 Å². The van der Waals surface area contributed by atoms with Crippen molar-refractivity contribution >= 4 is 5.97 Å². The third-order valence-electron chi connectivity index (χ3n) is 2.93. The first kappa shape index (κ1) is 11.1. The van der Waals surface area contributed by atoms with Gasteiger partial charge in [-0.2, -0.15) is 0 Å². The van der Waals surface area contributed by atoms with E-state index in [4.69, 9.17) is 4.74 Å². The Bertz CT molecular complexity index is 370. The average molecular weight is 219 g/mol. The van der Waals surface area contributed by atoms with Crippen molar-refractivity contribution in [3.05, 3.63) is 29.8 Å². The van der Waals surface area contributed by atoms with Gasteiger partial charge in [0.1, 0.15) is 5.75 Å². The molecule has 86 valence electrons. The van der Waals surface area contributed by atoms with Crippen molar-refractivity contribution in [2.24, 2.45) is 5.92 Å². The Kier molecular flexibility index (Phi) is 3.57. The quantitative estimate of drug-likeness (QED) is 0.610. The number of hydrogen-bond donors (Lipinski definition) is 1. The molecule has 1 unspecified atom stereocenters. The summed E-state index contributed by atoms with van der Waals surface area (Å²) >= 11 is 0. The van der Waals surface area contributed by atoms with Gasteiger partial charge in [0.15, 0.2) is 0 Å². The van der Waals surface area contributed by atoms with Gasteiger partial charge in [-0.3, -0.25) is 4.79 Å². The van der Waals surface area contributed by atoms with Crippen LogP contribution in [-0.4, -0.2) is 19.1 Å². The lowest BCUT2D eigenvalue weighted by molar-refractivity contribution is -0.139. The molecule has 16 heavy (non-hydrogen) atoms. The van der Waals surface area contributed by atoms with Gasteiger partial charge in [0.05, 0.1) is 5.92 Å². The molecule has 1 aromatic carbocycles. The predicted octanol–water partition coefficient (Wildman–Crippen LogP) is 1.90.